The van der Waals surface area contributed by atoms with E-state index in [1.165, 1.54) is 12.1 Å². The third-order valence-corrected chi connectivity index (χ3v) is 2.91. The molecule has 17 heavy (non-hydrogen) atoms. The first-order chi connectivity index (χ1) is 8.15. The molecule has 0 heterocycles. The molecule has 0 aromatic heterocycles. The Morgan fingerprint density at radius 1 is 1.06 bits per heavy atom. The topological polar surface area (TPSA) is 12.0 Å². The molecule has 0 aliphatic heterocycles. The number of nitrogens with one attached hydrogen (secondary N) is 1. The minimum Gasteiger partial charge on any atom is -0.381 e. The summed E-state index contributed by atoms with van der Waals surface area (Å²) in [6.07, 6.45) is 0. The van der Waals surface area contributed by atoms with Gasteiger partial charge in [0, 0.05) is 22.3 Å². The van der Waals surface area contributed by atoms with Crippen molar-refractivity contribution in [2.75, 3.05) is 5.32 Å². The molecule has 0 bridgehead atoms. The smallest absolute Gasteiger partial charge is 0.125 e. The Hall–Kier alpha value is -1.25. The number of anilines is 1. The van der Waals surface area contributed by atoms with Crippen LogP contribution in [0.4, 0.5) is 10.1 Å². The summed E-state index contributed by atoms with van der Waals surface area (Å²) in [5.74, 6) is -0.266. The van der Waals surface area contributed by atoms with Gasteiger partial charge in [0.15, 0.2) is 0 Å². The third kappa shape index (κ3) is 3.35. The summed E-state index contributed by atoms with van der Waals surface area (Å²) in [6.45, 7) is 0.527. The first-order valence-electron chi connectivity index (χ1n) is 5.08. The lowest BCUT2D eigenvalue weighted by Crippen LogP contribution is -2.00. The first kappa shape index (κ1) is 12.2. The van der Waals surface area contributed by atoms with E-state index in [9.17, 15) is 4.39 Å². The van der Waals surface area contributed by atoms with Gasteiger partial charge in [-0.3, -0.25) is 0 Å². The van der Waals surface area contributed by atoms with Crippen molar-refractivity contribution in [3.63, 3.8) is 0 Å². The fraction of sp³-hybridized carbons (Fsp3) is 0.0769. The molecule has 0 radical (unpaired) electrons. The van der Waals surface area contributed by atoms with Crippen LogP contribution in [-0.4, -0.2) is 0 Å². The Labute approximate surface area is 109 Å². The zero-order valence-corrected chi connectivity index (χ0v) is 10.4. The van der Waals surface area contributed by atoms with Crippen LogP contribution in [0.1, 0.15) is 5.56 Å². The quantitative estimate of drug-likeness (QED) is 0.849. The largest absolute Gasteiger partial charge is 0.381 e. The molecular formula is C13H10Cl2FN. The molecule has 1 N–H and O–H groups in total. The zero-order chi connectivity index (χ0) is 12.3. The molecule has 0 aliphatic carbocycles. The van der Waals surface area contributed by atoms with E-state index in [0.29, 0.717) is 16.6 Å². The van der Waals surface area contributed by atoms with Gasteiger partial charge in [0.1, 0.15) is 5.82 Å². The van der Waals surface area contributed by atoms with E-state index in [-0.39, 0.29) is 5.82 Å². The first-order valence-corrected chi connectivity index (χ1v) is 5.84. The summed E-state index contributed by atoms with van der Waals surface area (Å²) >= 11 is 11.8. The van der Waals surface area contributed by atoms with Gasteiger partial charge in [-0.05, 0) is 35.9 Å². The Kier molecular flexibility index (Phi) is 3.87. The van der Waals surface area contributed by atoms with E-state index in [2.05, 4.69) is 5.32 Å². The summed E-state index contributed by atoms with van der Waals surface area (Å²) in [5, 5.41) is 4.29. The lowest BCUT2D eigenvalue weighted by molar-refractivity contribution is 0.628. The summed E-state index contributed by atoms with van der Waals surface area (Å²) in [5.41, 5.74) is 1.64. The van der Waals surface area contributed by atoms with E-state index in [1.54, 1.807) is 24.3 Å². The number of benzene rings is 2. The minimum atomic E-state index is -0.266. The highest BCUT2D eigenvalue weighted by Crippen LogP contribution is 2.22. The van der Waals surface area contributed by atoms with Crippen LogP contribution in [0.25, 0.3) is 0 Å². The van der Waals surface area contributed by atoms with Gasteiger partial charge in [0.2, 0.25) is 0 Å². The van der Waals surface area contributed by atoms with Crippen molar-refractivity contribution in [2.45, 2.75) is 6.54 Å². The predicted molar refractivity (Wildman–Crippen MR) is 70.2 cm³/mol. The minimum absolute atomic E-state index is 0.266. The van der Waals surface area contributed by atoms with E-state index >= 15 is 0 Å². The van der Waals surface area contributed by atoms with Crippen LogP contribution in [-0.2, 0) is 6.54 Å². The molecule has 2 aromatic rings. The van der Waals surface area contributed by atoms with E-state index < -0.39 is 0 Å². The molecule has 0 aliphatic rings. The number of hydrogen-bond donors (Lipinski definition) is 1. The molecule has 0 amide bonds. The highest BCUT2D eigenvalue weighted by Gasteiger charge is 2.01. The van der Waals surface area contributed by atoms with E-state index in [0.717, 1.165) is 11.3 Å². The Morgan fingerprint density at radius 3 is 2.59 bits per heavy atom. The molecular weight excluding hydrogens is 260 g/mol. The van der Waals surface area contributed by atoms with E-state index in [4.69, 9.17) is 23.2 Å². The molecule has 1 nitrogen and oxygen atoms in total. The molecule has 0 fully saturated rings. The molecule has 4 heteroatoms. The number of rotatable bonds is 3. The zero-order valence-electron chi connectivity index (χ0n) is 8.88. The summed E-state index contributed by atoms with van der Waals surface area (Å²) in [6, 6.07) is 11.6. The van der Waals surface area contributed by atoms with Crippen LogP contribution in [0.5, 0.6) is 0 Å². The van der Waals surface area contributed by atoms with Crippen LogP contribution in [0.15, 0.2) is 42.5 Å². The van der Waals surface area contributed by atoms with Gasteiger partial charge in [0.25, 0.3) is 0 Å². The molecule has 0 spiro atoms. The maximum atomic E-state index is 12.9. The second-order valence-electron chi connectivity index (χ2n) is 3.60. The molecule has 0 saturated carbocycles. The second-order valence-corrected chi connectivity index (χ2v) is 4.44. The van der Waals surface area contributed by atoms with Gasteiger partial charge in [-0.1, -0.05) is 35.3 Å². The van der Waals surface area contributed by atoms with Gasteiger partial charge < -0.3 is 5.32 Å². The normalized spacial score (nSPS) is 10.3. The molecule has 0 atom stereocenters. The third-order valence-electron chi connectivity index (χ3n) is 2.32. The van der Waals surface area contributed by atoms with Crippen molar-refractivity contribution in [3.05, 3.63) is 63.9 Å². The van der Waals surface area contributed by atoms with Crippen molar-refractivity contribution < 1.29 is 4.39 Å². The Balaban J connectivity index is 2.07. The van der Waals surface area contributed by atoms with Crippen LogP contribution in [0.3, 0.4) is 0 Å². The van der Waals surface area contributed by atoms with Crippen LogP contribution >= 0.6 is 23.2 Å². The van der Waals surface area contributed by atoms with Gasteiger partial charge in [-0.2, -0.15) is 0 Å². The van der Waals surface area contributed by atoms with Crippen molar-refractivity contribution >= 4 is 28.9 Å². The highest BCUT2D eigenvalue weighted by molar-refractivity contribution is 6.35. The summed E-state index contributed by atoms with van der Waals surface area (Å²) in [7, 11) is 0. The van der Waals surface area contributed by atoms with Crippen LogP contribution < -0.4 is 5.32 Å². The molecule has 2 aromatic carbocycles. The number of halogens is 3. The van der Waals surface area contributed by atoms with Crippen molar-refractivity contribution in [2.24, 2.45) is 0 Å². The summed E-state index contributed by atoms with van der Waals surface area (Å²) in [4.78, 5) is 0. The van der Waals surface area contributed by atoms with Gasteiger partial charge in [0.05, 0.1) is 0 Å². The lowest BCUT2D eigenvalue weighted by atomic mass is 10.2. The average molecular weight is 270 g/mol. The van der Waals surface area contributed by atoms with Crippen molar-refractivity contribution in [3.8, 4) is 0 Å². The van der Waals surface area contributed by atoms with Gasteiger partial charge in [-0.25, -0.2) is 4.39 Å². The standard InChI is InChI=1S/C13H10Cl2FN/c14-10-5-4-9(13(15)6-10)8-17-12-3-1-2-11(16)7-12/h1-7,17H,8H2. The number of hydrogen-bond acceptors (Lipinski definition) is 1. The summed E-state index contributed by atoms with van der Waals surface area (Å²) < 4.78 is 12.9. The van der Waals surface area contributed by atoms with Gasteiger partial charge in [-0.15, -0.1) is 0 Å². The molecule has 88 valence electrons. The Morgan fingerprint density at radius 2 is 1.88 bits per heavy atom. The second kappa shape index (κ2) is 5.39. The van der Waals surface area contributed by atoms with Crippen molar-refractivity contribution in [1.82, 2.24) is 0 Å². The monoisotopic (exact) mass is 269 g/mol. The average Bonchev–Trinajstić information content (AvgIpc) is 2.28. The molecule has 2 rings (SSSR count). The molecule has 0 saturated heterocycles. The fourth-order valence-corrected chi connectivity index (χ4v) is 1.94. The molecule has 0 unspecified atom stereocenters. The Bertz CT molecular complexity index is 529. The van der Waals surface area contributed by atoms with Gasteiger partial charge >= 0.3 is 0 Å². The highest BCUT2D eigenvalue weighted by atomic mass is 35.5. The maximum Gasteiger partial charge on any atom is 0.125 e. The predicted octanol–water partition coefficient (Wildman–Crippen LogP) is 4.74. The van der Waals surface area contributed by atoms with Crippen LogP contribution in [0.2, 0.25) is 10.0 Å². The lowest BCUT2D eigenvalue weighted by Gasteiger charge is -2.08. The van der Waals surface area contributed by atoms with Crippen molar-refractivity contribution in [1.29, 1.82) is 0 Å². The SMILES string of the molecule is Fc1cccc(NCc2ccc(Cl)cc2Cl)c1. The van der Waals surface area contributed by atoms with Crippen LogP contribution in [0, 0.1) is 5.82 Å². The van der Waals surface area contributed by atoms with E-state index in [1.807, 2.05) is 6.07 Å². The fourth-order valence-electron chi connectivity index (χ4n) is 1.46. The maximum absolute atomic E-state index is 12.9.